The van der Waals surface area contributed by atoms with Crippen LogP contribution < -0.4 is 9.47 Å². The van der Waals surface area contributed by atoms with Gasteiger partial charge in [-0.2, -0.15) is 0 Å². The molecule has 0 radical (unpaired) electrons. The van der Waals surface area contributed by atoms with Gasteiger partial charge in [0.2, 0.25) is 5.79 Å². The molecule has 0 bridgehead atoms. The van der Waals surface area contributed by atoms with E-state index >= 15 is 0 Å². The van der Waals surface area contributed by atoms with Crippen LogP contribution in [0.3, 0.4) is 0 Å². The molecule has 2 aromatic heterocycles. The van der Waals surface area contributed by atoms with Gasteiger partial charge in [0, 0.05) is 37.9 Å². The fraction of sp³-hybridized carbons (Fsp3) is 0.263. The molecule has 0 unspecified atom stereocenters. The Labute approximate surface area is 165 Å². The fourth-order valence-corrected chi connectivity index (χ4v) is 2.62. The molecule has 0 aliphatic carbocycles. The maximum atomic E-state index is 12.7. The molecule has 0 saturated heterocycles. The highest BCUT2D eigenvalue weighted by Gasteiger charge is 2.32. The average molecular weight is 402 g/mol. The van der Waals surface area contributed by atoms with Gasteiger partial charge in [-0.25, -0.2) is 9.78 Å². The number of hydrogen-bond donors (Lipinski definition) is 0. The monoisotopic (exact) mass is 402 g/mol. The van der Waals surface area contributed by atoms with Crippen LogP contribution in [-0.4, -0.2) is 37.2 Å². The van der Waals surface area contributed by atoms with Crippen molar-refractivity contribution in [3.05, 3.63) is 58.0 Å². The summed E-state index contributed by atoms with van der Waals surface area (Å²) in [4.78, 5) is 27.0. The second-order valence-corrected chi connectivity index (χ2v) is 6.03. The summed E-state index contributed by atoms with van der Waals surface area (Å²) in [6, 6.07) is 6.72. The van der Waals surface area contributed by atoms with E-state index in [1.165, 1.54) is 51.8 Å². The standard InChI is InChI=1S/C19H18N2O8/c1-19(26-3,27-4)15-9-13-14(10-20-17(25-2)16(13)29-15)18(22)28-12-7-5-11(6-8-12)21(23)24/h5-10H,1-4H3. The number of pyridine rings is 1. The van der Waals surface area contributed by atoms with Crippen LogP contribution >= 0.6 is 0 Å². The molecular weight excluding hydrogens is 384 g/mol. The van der Waals surface area contributed by atoms with Gasteiger partial charge in [0.1, 0.15) is 5.75 Å². The number of rotatable bonds is 7. The second kappa shape index (κ2) is 7.86. The summed E-state index contributed by atoms with van der Waals surface area (Å²) in [6.45, 7) is 1.65. The first-order chi connectivity index (χ1) is 13.8. The number of nitro benzene ring substituents is 1. The molecule has 0 atom stereocenters. The molecule has 3 rings (SSSR count). The minimum atomic E-state index is -1.19. The van der Waals surface area contributed by atoms with Gasteiger partial charge < -0.3 is 23.4 Å². The van der Waals surface area contributed by atoms with Crippen LogP contribution in [0.4, 0.5) is 5.69 Å². The highest BCUT2D eigenvalue weighted by atomic mass is 16.7. The van der Waals surface area contributed by atoms with Crippen molar-refractivity contribution in [1.82, 2.24) is 4.98 Å². The molecule has 0 aliphatic rings. The lowest BCUT2D eigenvalue weighted by atomic mass is 10.1. The van der Waals surface area contributed by atoms with Crippen molar-refractivity contribution in [1.29, 1.82) is 0 Å². The Bertz CT molecular complexity index is 1050. The van der Waals surface area contributed by atoms with Crippen LogP contribution in [-0.2, 0) is 15.3 Å². The predicted molar refractivity (Wildman–Crippen MR) is 100.0 cm³/mol. The van der Waals surface area contributed by atoms with Crippen LogP contribution in [0.5, 0.6) is 11.6 Å². The van der Waals surface area contributed by atoms with E-state index in [0.717, 1.165) is 0 Å². The number of nitro groups is 1. The Balaban J connectivity index is 2.01. The Morgan fingerprint density at radius 3 is 2.38 bits per heavy atom. The average Bonchev–Trinajstić information content (AvgIpc) is 3.18. The van der Waals surface area contributed by atoms with E-state index in [2.05, 4.69) is 4.98 Å². The molecule has 0 amide bonds. The summed E-state index contributed by atoms with van der Waals surface area (Å²) in [5.74, 6) is -1.29. The molecule has 29 heavy (non-hydrogen) atoms. The van der Waals surface area contributed by atoms with E-state index in [1.54, 1.807) is 13.0 Å². The summed E-state index contributed by atoms with van der Waals surface area (Å²) < 4.78 is 27.0. The van der Waals surface area contributed by atoms with Crippen molar-refractivity contribution < 1.29 is 33.1 Å². The highest BCUT2D eigenvalue weighted by molar-refractivity contribution is 6.05. The molecule has 0 spiro atoms. The minimum absolute atomic E-state index is 0.115. The SMILES string of the molecule is COc1ncc(C(=O)Oc2ccc([N+](=O)[O-])cc2)c2cc(C(C)(OC)OC)oc12. The third-order valence-corrected chi connectivity index (χ3v) is 4.43. The van der Waals surface area contributed by atoms with E-state index in [4.69, 9.17) is 23.4 Å². The fourth-order valence-electron chi connectivity index (χ4n) is 2.62. The Hall–Kier alpha value is -3.50. The summed E-state index contributed by atoms with van der Waals surface area (Å²) in [7, 11) is 4.33. The summed E-state index contributed by atoms with van der Waals surface area (Å²) >= 11 is 0. The van der Waals surface area contributed by atoms with Crippen LogP contribution in [0.1, 0.15) is 23.0 Å². The number of non-ortho nitro benzene ring substituents is 1. The number of carbonyl (C=O) groups is 1. The molecule has 152 valence electrons. The first kappa shape index (κ1) is 20.2. The van der Waals surface area contributed by atoms with Gasteiger partial charge >= 0.3 is 5.97 Å². The molecule has 3 aromatic rings. The van der Waals surface area contributed by atoms with Crippen molar-refractivity contribution in [2.24, 2.45) is 0 Å². The molecule has 0 saturated carbocycles. The van der Waals surface area contributed by atoms with E-state index < -0.39 is 16.7 Å². The smallest absolute Gasteiger partial charge is 0.345 e. The van der Waals surface area contributed by atoms with Crippen molar-refractivity contribution in [3.63, 3.8) is 0 Å². The molecule has 0 aliphatic heterocycles. The number of esters is 1. The van der Waals surface area contributed by atoms with E-state index in [0.29, 0.717) is 11.1 Å². The zero-order valence-corrected chi connectivity index (χ0v) is 16.1. The topological polar surface area (TPSA) is 123 Å². The number of furan rings is 1. The number of fused-ring (bicyclic) bond motifs is 1. The van der Waals surface area contributed by atoms with Gasteiger partial charge in [0.05, 0.1) is 17.6 Å². The second-order valence-electron chi connectivity index (χ2n) is 6.03. The third-order valence-electron chi connectivity index (χ3n) is 4.43. The number of methoxy groups -OCH3 is 3. The van der Waals surface area contributed by atoms with Crippen molar-refractivity contribution in [3.8, 4) is 11.6 Å². The summed E-state index contributed by atoms with van der Waals surface area (Å²) in [5, 5.41) is 11.1. The Kier molecular flexibility index (Phi) is 5.48. The number of ether oxygens (including phenoxy) is 4. The van der Waals surface area contributed by atoms with Crippen LogP contribution in [0.2, 0.25) is 0 Å². The zero-order valence-electron chi connectivity index (χ0n) is 16.1. The number of carbonyl (C=O) groups excluding carboxylic acids is 1. The molecule has 0 N–H and O–H groups in total. The normalized spacial score (nSPS) is 11.4. The quantitative estimate of drug-likeness (QED) is 0.192. The lowest BCUT2D eigenvalue weighted by Crippen LogP contribution is -2.25. The largest absolute Gasteiger partial charge is 0.478 e. The summed E-state index contributed by atoms with van der Waals surface area (Å²) in [5.41, 5.74) is 0.223. The van der Waals surface area contributed by atoms with Gasteiger partial charge in [0.25, 0.3) is 11.6 Å². The van der Waals surface area contributed by atoms with Crippen molar-refractivity contribution in [2.45, 2.75) is 12.7 Å². The summed E-state index contributed by atoms with van der Waals surface area (Å²) in [6.07, 6.45) is 1.30. The number of nitrogens with zero attached hydrogens (tertiary/aromatic N) is 2. The van der Waals surface area contributed by atoms with E-state index in [1.807, 2.05) is 0 Å². The van der Waals surface area contributed by atoms with E-state index in [-0.39, 0.29) is 28.5 Å². The molecule has 10 heteroatoms. The van der Waals surface area contributed by atoms with Gasteiger partial charge in [0.15, 0.2) is 11.3 Å². The number of aromatic nitrogens is 1. The van der Waals surface area contributed by atoms with Crippen molar-refractivity contribution >= 4 is 22.6 Å². The molecule has 2 heterocycles. The van der Waals surface area contributed by atoms with Crippen LogP contribution in [0.15, 0.2) is 40.9 Å². The molecule has 1 aromatic carbocycles. The first-order valence-electron chi connectivity index (χ1n) is 8.37. The molecule has 10 nitrogen and oxygen atoms in total. The predicted octanol–water partition coefficient (Wildman–Crippen LogP) is 3.43. The highest BCUT2D eigenvalue weighted by Crippen LogP contribution is 2.36. The number of benzene rings is 1. The maximum Gasteiger partial charge on any atom is 0.345 e. The zero-order chi connectivity index (χ0) is 21.2. The molecular formula is C19H18N2O8. The lowest BCUT2D eigenvalue weighted by Gasteiger charge is -2.23. The minimum Gasteiger partial charge on any atom is -0.478 e. The van der Waals surface area contributed by atoms with Gasteiger partial charge in [-0.05, 0) is 25.1 Å². The van der Waals surface area contributed by atoms with Crippen LogP contribution in [0, 0.1) is 10.1 Å². The van der Waals surface area contributed by atoms with Crippen LogP contribution in [0.25, 0.3) is 11.0 Å². The number of hydrogen-bond acceptors (Lipinski definition) is 9. The van der Waals surface area contributed by atoms with Gasteiger partial charge in [-0.15, -0.1) is 0 Å². The Morgan fingerprint density at radius 2 is 1.83 bits per heavy atom. The Morgan fingerprint density at radius 1 is 1.17 bits per heavy atom. The van der Waals surface area contributed by atoms with E-state index in [9.17, 15) is 14.9 Å². The first-order valence-corrected chi connectivity index (χ1v) is 8.37. The molecule has 0 fully saturated rings. The third kappa shape index (κ3) is 3.75. The van der Waals surface area contributed by atoms with Crippen molar-refractivity contribution in [2.75, 3.05) is 21.3 Å². The van der Waals surface area contributed by atoms with Gasteiger partial charge in [-0.3, -0.25) is 10.1 Å². The maximum absolute atomic E-state index is 12.7. The lowest BCUT2D eigenvalue weighted by molar-refractivity contribution is -0.384. The van der Waals surface area contributed by atoms with Gasteiger partial charge in [-0.1, -0.05) is 0 Å².